The number of benzene rings is 3. The molecule has 2 amide bonds. The summed E-state index contributed by atoms with van der Waals surface area (Å²) < 4.78 is 56.7. The zero-order valence-electron chi connectivity index (χ0n) is 17.1. The van der Waals surface area contributed by atoms with E-state index >= 15 is 0 Å². The first kappa shape index (κ1) is 23.1. The van der Waals surface area contributed by atoms with Crippen molar-refractivity contribution >= 4 is 37.6 Å². The number of hydrogen-bond acceptors (Lipinski definition) is 7. The topological polar surface area (TPSA) is 128 Å². The molecule has 11 heteroatoms. The maximum atomic E-state index is 12.3. The average Bonchev–Trinajstić information content (AvgIpc) is 2.70. The molecular formula is C21H20N2O7S2. The number of hydrogen-bond donors (Lipinski definition) is 2. The number of anilines is 2. The van der Waals surface area contributed by atoms with Crippen LogP contribution in [0.25, 0.3) is 0 Å². The molecule has 168 valence electrons. The summed E-state index contributed by atoms with van der Waals surface area (Å²) in [6, 6.07) is 17.3. The van der Waals surface area contributed by atoms with E-state index in [-0.39, 0.29) is 16.4 Å². The van der Waals surface area contributed by atoms with Gasteiger partial charge in [-0.1, -0.05) is 17.7 Å². The van der Waals surface area contributed by atoms with Crippen molar-refractivity contribution in [3.8, 4) is 11.5 Å². The largest absolute Gasteiger partial charge is 0.383 e. The van der Waals surface area contributed by atoms with Crippen molar-refractivity contribution < 1.29 is 30.0 Å². The van der Waals surface area contributed by atoms with Crippen molar-refractivity contribution in [3.63, 3.8) is 0 Å². The summed E-state index contributed by atoms with van der Waals surface area (Å²) in [5.74, 6) is 0.215. The first-order valence-electron chi connectivity index (χ1n) is 9.19. The monoisotopic (exact) mass is 476 g/mol. The van der Waals surface area contributed by atoms with Crippen LogP contribution >= 0.6 is 0 Å². The second-order valence-corrected chi connectivity index (χ2v) is 9.89. The van der Waals surface area contributed by atoms with E-state index in [1.165, 1.54) is 60.7 Å². The molecule has 0 aromatic heterocycles. The Hall–Kier alpha value is -3.57. The highest BCUT2D eigenvalue weighted by Crippen LogP contribution is 2.22. The number of rotatable bonds is 7. The van der Waals surface area contributed by atoms with E-state index in [0.717, 1.165) is 11.8 Å². The Kier molecular flexibility index (Phi) is 6.70. The van der Waals surface area contributed by atoms with Gasteiger partial charge in [-0.3, -0.25) is 0 Å². The first-order chi connectivity index (χ1) is 15.0. The zero-order chi connectivity index (χ0) is 23.4. The molecule has 0 saturated heterocycles. The van der Waals surface area contributed by atoms with Crippen LogP contribution in [0.1, 0.15) is 5.56 Å². The van der Waals surface area contributed by atoms with Gasteiger partial charge in [0.1, 0.15) is 16.4 Å². The second kappa shape index (κ2) is 9.28. The molecule has 0 heterocycles. The highest BCUT2D eigenvalue weighted by atomic mass is 32.2. The molecule has 0 radical (unpaired) electrons. The van der Waals surface area contributed by atoms with Crippen LogP contribution in [-0.4, -0.2) is 29.1 Å². The molecule has 0 fully saturated rings. The van der Waals surface area contributed by atoms with Crippen LogP contribution in [0.3, 0.4) is 0 Å². The van der Waals surface area contributed by atoms with Gasteiger partial charge < -0.3 is 19.0 Å². The molecule has 0 spiro atoms. The van der Waals surface area contributed by atoms with Crippen LogP contribution in [0.2, 0.25) is 0 Å². The van der Waals surface area contributed by atoms with E-state index < -0.39 is 26.3 Å². The number of carbonyl (C=O) groups is 1. The van der Waals surface area contributed by atoms with Crippen LogP contribution in [0.5, 0.6) is 11.5 Å². The van der Waals surface area contributed by atoms with E-state index in [2.05, 4.69) is 10.6 Å². The lowest BCUT2D eigenvalue weighted by atomic mass is 10.2. The normalized spacial score (nSPS) is 11.4. The molecule has 2 N–H and O–H groups in total. The fourth-order valence-corrected chi connectivity index (χ4v) is 3.93. The van der Waals surface area contributed by atoms with Crippen LogP contribution < -0.4 is 19.0 Å². The zero-order valence-corrected chi connectivity index (χ0v) is 18.7. The quantitative estimate of drug-likeness (QED) is 0.497. The molecule has 0 aliphatic carbocycles. The van der Waals surface area contributed by atoms with E-state index in [4.69, 9.17) is 8.37 Å². The van der Waals surface area contributed by atoms with Gasteiger partial charge in [0.2, 0.25) is 0 Å². The summed E-state index contributed by atoms with van der Waals surface area (Å²) in [5, 5.41) is 5.17. The van der Waals surface area contributed by atoms with E-state index in [0.29, 0.717) is 11.4 Å². The Labute approximate surface area is 186 Å². The lowest BCUT2D eigenvalue weighted by Gasteiger charge is -2.10. The lowest BCUT2D eigenvalue weighted by Crippen LogP contribution is -2.19. The second-order valence-electron chi connectivity index (χ2n) is 6.77. The summed E-state index contributed by atoms with van der Waals surface area (Å²) in [4.78, 5) is 12.2. The highest BCUT2D eigenvalue weighted by molar-refractivity contribution is 7.87. The number of carbonyl (C=O) groups excluding carboxylic acids is 1. The highest BCUT2D eigenvalue weighted by Gasteiger charge is 2.16. The standard InChI is InChI=1S/C21H20N2O7S2/c1-15-3-13-20(14-4-15)32(27,28)30-19-11-7-17(8-12-19)23-21(24)22-16-5-9-18(10-6-16)29-31(2,25)26/h3-14H,1-2H3,(H2,22,23,24). The van der Waals surface area contributed by atoms with Crippen molar-refractivity contribution in [3.05, 3.63) is 78.4 Å². The van der Waals surface area contributed by atoms with E-state index in [9.17, 15) is 21.6 Å². The van der Waals surface area contributed by atoms with E-state index in [1.807, 2.05) is 6.92 Å². The molecule has 0 saturated carbocycles. The number of aryl methyl sites for hydroxylation is 1. The molecule has 3 aromatic carbocycles. The van der Waals surface area contributed by atoms with Crippen molar-refractivity contribution in [2.24, 2.45) is 0 Å². The number of amides is 2. The van der Waals surface area contributed by atoms with Crippen molar-refractivity contribution in [2.75, 3.05) is 16.9 Å². The Morgan fingerprint density at radius 1 is 0.688 bits per heavy atom. The third kappa shape index (κ3) is 6.72. The predicted molar refractivity (Wildman–Crippen MR) is 120 cm³/mol. The van der Waals surface area contributed by atoms with Gasteiger partial charge in [0, 0.05) is 11.4 Å². The minimum absolute atomic E-state index is 0.0395. The Morgan fingerprint density at radius 3 is 1.56 bits per heavy atom. The molecule has 0 bridgehead atoms. The molecule has 0 aliphatic heterocycles. The van der Waals surface area contributed by atoms with Crippen molar-refractivity contribution in [1.82, 2.24) is 0 Å². The first-order valence-corrected chi connectivity index (χ1v) is 12.4. The molecule has 0 atom stereocenters. The molecule has 0 unspecified atom stereocenters. The Bertz CT molecular complexity index is 1300. The van der Waals surface area contributed by atoms with Crippen LogP contribution in [0, 0.1) is 6.92 Å². The minimum atomic E-state index is -3.97. The smallest absolute Gasteiger partial charge is 0.339 e. The summed E-state index contributed by atoms with van der Waals surface area (Å²) in [6.45, 7) is 1.85. The van der Waals surface area contributed by atoms with Crippen molar-refractivity contribution in [1.29, 1.82) is 0 Å². The molecule has 9 nitrogen and oxygen atoms in total. The summed E-state index contributed by atoms with van der Waals surface area (Å²) in [6.07, 6.45) is 0.931. The maximum absolute atomic E-state index is 12.3. The molecule has 3 rings (SSSR count). The fourth-order valence-electron chi connectivity index (χ4n) is 2.54. The third-order valence-electron chi connectivity index (χ3n) is 3.99. The third-order valence-corrected chi connectivity index (χ3v) is 5.74. The average molecular weight is 477 g/mol. The predicted octanol–water partition coefficient (Wildman–Crippen LogP) is 3.75. The van der Waals surface area contributed by atoms with Gasteiger partial charge in [-0.2, -0.15) is 16.8 Å². The summed E-state index contributed by atoms with van der Waals surface area (Å²) in [7, 11) is -7.60. The molecule has 0 aliphatic rings. The van der Waals surface area contributed by atoms with Crippen LogP contribution in [-0.2, 0) is 20.2 Å². The van der Waals surface area contributed by atoms with Gasteiger partial charge in [-0.15, -0.1) is 0 Å². The van der Waals surface area contributed by atoms with Gasteiger partial charge in [0.15, 0.2) is 0 Å². The molecule has 3 aromatic rings. The summed E-state index contributed by atoms with van der Waals surface area (Å²) >= 11 is 0. The molecule has 32 heavy (non-hydrogen) atoms. The summed E-state index contributed by atoms with van der Waals surface area (Å²) in [5.41, 5.74) is 1.74. The molecular weight excluding hydrogens is 456 g/mol. The van der Waals surface area contributed by atoms with Gasteiger partial charge in [-0.05, 0) is 67.6 Å². The number of nitrogens with one attached hydrogen (secondary N) is 2. The number of urea groups is 1. The van der Waals surface area contributed by atoms with Gasteiger partial charge >= 0.3 is 26.3 Å². The Balaban J connectivity index is 1.58. The Morgan fingerprint density at radius 2 is 1.12 bits per heavy atom. The SMILES string of the molecule is Cc1ccc(S(=O)(=O)Oc2ccc(NC(=O)Nc3ccc(OS(C)(=O)=O)cc3)cc2)cc1. The van der Waals surface area contributed by atoms with Gasteiger partial charge in [0.05, 0.1) is 6.26 Å². The van der Waals surface area contributed by atoms with Crippen molar-refractivity contribution in [2.45, 2.75) is 11.8 Å². The fraction of sp³-hybridized carbons (Fsp3) is 0.0952. The minimum Gasteiger partial charge on any atom is -0.383 e. The van der Waals surface area contributed by atoms with Crippen LogP contribution in [0.15, 0.2) is 77.7 Å². The van der Waals surface area contributed by atoms with Crippen LogP contribution in [0.4, 0.5) is 16.2 Å². The van der Waals surface area contributed by atoms with E-state index in [1.54, 1.807) is 12.1 Å². The van der Waals surface area contributed by atoms with Gasteiger partial charge in [-0.25, -0.2) is 4.79 Å². The lowest BCUT2D eigenvalue weighted by molar-refractivity contribution is 0.262. The van der Waals surface area contributed by atoms with Gasteiger partial charge in [0.25, 0.3) is 0 Å². The maximum Gasteiger partial charge on any atom is 0.339 e.